The van der Waals surface area contributed by atoms with E-state index in [1.165, 1.54) is 33.4 Å². The molecule has 2 heterocycles. The minimum Gasteiger partial charge on any atom is -0.337 e. The van der Waals surface area contributed by atoms with Crippen LogP contribution < -0.4 is 9.80 Å². The van der Waals surface area contributed by atoms with Crippen molar-refractivity contribution in [3.05, 3.63) is 198 Å². The Kier molecular flexibility index (Phi) is 11.5. The second-order valence-electron chi connectivity index (χ2n) is 13.6. The highest BCUT2D eigenvalue weighted by Crippen LogP contribution is 2.43. The van der Waals surface area contributed by atoms with E-state index in [-0.39, 0.29) is 0 Å². The minimum atomic E-state index is 0.665. The predicted octanol–water partition coefficient (Wildman–Crippen LogP) is 13.3. The number of hydrogen-bond acceptors (Lipinski definition) is 3. The molecule has 0 spiro atoms. The Morgan fingerprint density at radius 2 is 1.52 bits per heavy atom. The van der Waals surface area contributed by atoms with Crippen LogP contribution in [0.1, 0.15) is 71.2 Å². The van der Waals surface area contributed by atoms with Gasteiger partial charge in [-0.15, -0.1) is 0 Å². The van der Waals surface area contributed by atoms with Gasteiger partial charge in [0.2, 0.25) is 0 Å². The largest absolute Gasteiger partial charge is 0.337 e. The van der Waals surface area contributed by atoms with Crippen LogP contribution in [0.2, 0.25) is 0 Å². The van der Waals surface area contributed by atoms with Crippen molar-refractivity contribution in [2.24, 2.45) is 0 Å². The van der Waals surface area contributed by atoms with E-state index in [0.717, 1.165) is 83.0 Å². The average molecular weight is 682 g/mol. The predicted molar refractivity (Wildman–Crippen MR) is 226 cm³/mol. The summed E-state index contributed by atoms with van der Waals surface area (Å²) in [6.45, 7) is 22.7. The van der Waals surface area contributed by atoms with Crippen LogP contribution in [0.5, 0.6) is 0 Å². The maximum absolute atomic E-state index is 5.18. The van der Waals surface area contributed by atoms with Gasteiger partial charge >= 0.3 is 0 Å². The summed E-state index contributed by atoms with van der Waals surface area (Å²) >= 11 is 0. The highest BCUT2D eigenvalue weighted by atomic mass is 15.2. The third-order valence-electron chi connectivity index (χ3n) is 9.92. The second kappa shape index (κ2) is 16.6. The zero-order chi connectivity index (χ0) is 36.6. The number of benzene rings is 2. The Morgan fingerprint density at radius 3 is 2.06 bits per heavy atom. The molecule has 0 amide bonds. The van der Waals surface area contributed by atoms with Crippen molar-refractivity contribution in [2.45, 2.75) is 59.8 Å². The quantitative estimate of drug-likeness (QED) is 0.201. The number of rotatable bonds is 11. The van der Waals surface area contributed by atoms with Crippen LogP contribution in [0.25, 0.3) is 22.3 Å². The number of pyridine rings is 1. The van der Waals surface area contributed by atoms with Crippen LogP contribution in [0.15, 0.2) is 187 Å². The van der Waals surface area contributed by atoms with Gasteiger partial charge in [-0.25, -0.2) is 4.98 Å². The molecule has 0 radical (unpaired) electrons. The van der Waals surface area contributed by atoms with Crippen LogP contribution in [0, 0.1) is 0 Å². The lowest BCUT2D eigenvalue weighted by atomic mass is 9.92. The molecular weight excluding hydrogens is 631 g/mol. The first-order valence-electron chi connectivity index (χ1n) is 18.6. The average Bonchev–Trinajstić information content (AvgIpc) is 3.53. The molecule has 1 aromatic heterocycles. The fourth-order valence-electron chi connectivity index (χ4n) is 7.44. The zero-order valence-corrected chi connectivity index (χ0v) is 31.3. The number of para-hydroxylation sites is 1. The van der Waals surface area contributed by atoms with Crippen molar-refractivity contribution < 1.29 is 0 Å². The van der Waals surface area contributed by atoms with Crippen molar-refractivity contribution in [1.29, 1.82) is 0 Å². The van der Waals surface area contributed by atoms with E-state index in [9.17, 15) is 0 Å². The maximum atomic E-state index is 5.18. The number of hydrogen-bond donors (Lipinski definition) is 0. The highest BCUT2D eigenvalue weighted by Gasteiger charge is 2.32. The van der Waals surface area contributed by atoms with Crippen LogP contribution in [-0.2, 0) is 0 Å². The summed E-state index contributed by atoms with van der Waals surface area (Å²) in [7, 11) is 0. The van der Waals surface area contributed by atoms with Gasteiger partial charge in [-0.05, 0) is 123 Å². The van der Waals surface area contributed by atoms with Gasteiger partial charge in [0.15, 0.2) is 0 Å². The number of nitrogens with zero attached hydrogens (tertiary/aromatic N) is 3. The minimum absolute atomic E-state index is 0.665. The molecule has 1 fully saturated rings. The first kappa shape index (κ1) is 36.1. The maximum Gasteiger partial charge on any atom is 0.0712 e. The first-order chi connectivity index (χ1) is 25.4. The summed E-state index contributed by atoms with van der Waals surface area (Å²) in [5.41, 5.74) is 16.9. The van der Waals surface area contributed by atoms with Gasteiger partial charge in [-0.3, -0.25) is 0 Å². The molecule has 0 bridgehead atoms. The molecule has 3 aromatic rings. The third-order valence-corrected chi connectivity index (χ3v) is 9.92. The summed E-state index contributed by atoms with van der Waals surface area (Å²) in [6, 6.07) is 23.8. The van der Waals surface area contributed by atoms with Gasteiger partial charge < -0.3 is 9.80 Å². The highest BCUT2D eigenvalue weighted by molar-refractivity contribution is 5.83. The van der Waals surface area contributed by atoms with Gasteiger partial charge in [-0.2, -0.15) is 0 Å². The Bertz CT molecular complexity index is 2070. The van der Waals surface area contributed by atoms with E-state index in [1.54, 1.807) is 0 Å². The standard InChI is InChI=1S/C49H51N3/c1-8-22-37(9-2)48-36(7)52(34-45(48)44(10-3)49(35(5)6)51(11-4)42-28-19-14-20-29-42)43-30-21-27-40(31-43)41-32-46(38-23-15-12-16-24-38)50-47(33-41)39-25-17-13-18-26-39/h8,10-11,14-15,17,19-33H,3-4,7,9,12-13,16,18,34H2,1-2,5-6H3/b22-8-,45-44+,48-37+. The summed E-state index contributed by atoms with van der Waals surface area (Å²) < 4.78 is 0. The fraction of sp³-hybridized carbons (Fsp3) is 0.204. The molecule has 3 heteroatoms. The van der Waals surface area contributed by atoms with E-state index in [2.05, 4.69) is 160 Å². The number of aromatic nitrogens is 1. The van der Waals surface area contributed by atoms with Crippen LogP contribution in [0.3, 0.4) is 0 Å². The van der Waals surface area contributed by atoms with Crippen LogP contribution in [0.4, 0.5) is 11.4 Å². The monoisotopic (exact) mass is 681 g/mol. The Hall–Kier alpha value is -5.67. The molecule has 3 nitrogen and oxygen atoms in total. The van der Waals surface area contributed by atoms with Crippen LogP contribution in [-0.4, -0.2) is 11.5 Å². The number of anilines is 2. The Balaban J connectivity index is 1.49. The fourth-order valence-corrected chi connectivity index (χ4v) is 7.44. The van der Waals surface area contributed by atoms with Crippen molar-refractivity contribution in [3.8, 4) is 11.1 Å². The van der Waals surface area contributed by atoms with E-state index < -0.39 is 0 Å². The van der Waals surface area contributed by atoms with Crippen molar-refractivity contribution >= 4 is 22.5 Å². The molecule has 2 aliphatic carbocycles. The summed E-state index contributed by atoms with van der Waals surface area (Å²) in [6.07, 6.45) is 26.9. The van der Waals surface area contributed by atoms with Gasteiger partial charge in [0.25, 0.3) is 0 Å². The normalized spacial score (nSPS) is 17.5. The molecule has 1 saturated heterocycles. The van der Waals surface area contributed by atoms with Gasteiger partial charge in [0.05, 0.1) is 17.1 Å². The summed E-state index contributed by atoms with van der Waals surface area (Å²) in [4.78, 5) is 9.72. The van der Waals surface area contributed by atoms with Crippen LogP contribution >= 0.6 is 0 Å². The molecule has 0 atom stereocenters. The van der Waals surface area contributed by atoms with Gasteiger partial charge in [0, 0.05) is 41.0 Å². The molecule has 1 aliphatic heterocycles. The molecule has 2 aromatic carbocycles. The third kappa shape index (κ3) is 7.50. The topological polar surface area (TPSA) is 19.4 Å². The molecule has 0 N–H and O–H groups in total. The van der Waals surface area contributed by atoms with Crippen molar-refractivity contribution in [3.63, 3.8) is 0 Å². The van der Waals surface area contributed by atoms with E-state index in [4.69, 9.17) is 11.6 Å². The lowest BCUT2D eigenvalue weighted by molar-refractivity contribution is 1.03. The Labute approximate surface area is 311 Å². The van der Waals surface area contributed by atoms with Gasteiger partial charge in [0.1, 0.15) is 0 Å². The smallest absolute Gasteiger partial charge is 0.0712 e. The SMILES string of the molecule is C=C/C(C(=C(C)C)N(C=C)c1ccccc1)=C1/CN(c2cccc(-c3cc(C4=CCCC=C4)nc(C4=CCCC=C4)c3)c2)C(=C)/C1=C(\C=C/C)CC. The molecule has 0 saturated carbocycles. The number of allylic oxidation sites excluding steroid dienone is 14. The molecule has 52 heavy (non-hydrogen) atoms. The van der Waals surface area contributed by atoms with E-state index >= 15 is 0 Å². The van der Waals surface area contributed by atoms with E-state index in [1.807, 2.05) is 18.3 Å². The lowest BCUT2D eigenvalue weighted by Gasteiger charge is -2.27. The molecule has 3 aliphatic rings. The molecule has 0 unspecified atom stereocenters. The van der Waals surface area contributed by atoms with Gasteiger partial charge in [-0.1, -0.05) is 117 Å². The summed E-state index contributed by atoms with van der Waals surface area (Å²) in [5, 5.41) is 0. The van der Waals surface area contributed by atoms with E-state index in [0.29, 0.717) is 6.54 Å². The Morgan fingerprint density at radius 1 is 0.846 bits per heavy atom. The zero-order valence-electron chi connectivity index (χ0n) is 31.3. The first-order valence-corrected chi connectivity index (χ1v) is 18.6. The molecule has 262 valence electrons. The van der Waals surface area contributed by atoms with Crippen molar-refractivity contribution in [1.82, 2.24) is 4.98 Å². The van der Waals surface area contributed by atoms with Crippen molar-refractivity contribution in [2.75, 3.05) is 16.3 Å². The second-order valence-corrected chi connectivity index (χ2v) is 13.6. The molecule has 6 rings (SSSR count). The lowest BCUT2D eigenvalue weighted by Crippen LogP contribution is -2.20. The molecular formula is C49H51N3. The summed E-state index contributed by atoms with van der Waals surface area (Å²) in [5.74, 6) is 0.